The van der Waals surface area contributed by atoms with E-state index in [9.17, 15) is 0 Å². The zero-order chi connectivity index (χ0) is 11.5. The van der Waals surface area contributed by atoms with Crippen molar-refractivity contribution >= 4 is 0 Å². The molecule has 3 heterocycles. The first-order chi connectivity index (χ1) is 8.42. The number of ether oxygens (including phenoxy) is 1. The van der Waals surface area contributed by atoms with Crippen molar-refractivity contribution in [3.8, 4) is 0 Å². The number of oxazole rings is 1. The highest BCUT2D eigenvalue weighted by Crippen LogP contribution is 2.27. The maximum absolute atomic E-state index is 5.56. The number of rotatable bonds is 3. The monoisotopic (exact) mass is 237 g/mol. The molecule has 0 radical (unpaired) electrons. The third-order valence-electron chi connectivity index (χ3n) is 3.37. The molecule has 1 N–H and O–H groups in total. The minimum atomic E-state index is 0.0896. The van der Waals surface area contributed by atoms with Crippen LogP contribution in [0.15, 0.2) is 10.7 Å². The van der Waals surface area contributed by atoms with E-state index in [1.807, 2.05) is 0 Å². The normalized spacial score (nSPS) is 26.5. The van der Waals surface area contributed by atoms with Gasteiger partial charge in [0.2, 0.25) is 5.89 Å². The summed E-state index contributed by atoms with van der Waals surface area (Å²) in [7, 11) is 0. The summed E-state index contributed by atoms with van der Waals surface area (Å²) in [4.78, 5) is 6.93. The Kier molecular flexibility index (Phi) is 3.40. The van der Waals surface area contributed by atoms with Crippen molar-refractivity contribution in [2.24, 2.45) is 0 Å². The summed E-state index contributed by atoms with van der Waals surface area (Å²) in [6, 6.07) is 0. The van der Waals surface area contributed by atoms with E-state index in [0.717, 1.165) is 63.8 Å². The fourth-order valence-corrected chi connectivity index (χ4v) is 2.41. The number of nitrogens with zero attached hydrogens (tertiary/aromatic N) is 2. The van der Waals surface area contributed by atoms with Gasteiger partial charge in [-0.15, -0.1) is 0 Å². The zero-order valence-electron chi connectivity index (χ0n) is 10.0. The van der Waals surface area contributed by atoms with E-state index < -0.39 is 0 Å². The van der Waals surface area contributed by atoms with Crippen LogP contribution in [-0.4, -0.2) is 42.7 Å². The molecule has 2 aliphatic rings. The average molecular weight is 237 g/mol. The number of hydrogen-bond acceptors (Lipinski definition) is 5. The van der Waals surface area contributed by atoms with E-state index in [1.54, 1.807) is 6.26 Å². The van der Waals surface area contributed by atoms with Crippen molar-refractivity contribution in [3.63, 3.8) is 0 Å². The fraction of sp³-hybridized carbons (Fsp3) is 0.750. The molecule has 5 nitrogen and oxygen atoms in total. The summed E-state index contributed by atoms with van der Waals surface area (Å²) >= 11 is 0. The van der Waals surface area contributed by atoms with E-state index in [-0.39, 0.29) is 6.10 Å². The van der Waals surface area contributed by atoms with Gasteiger partial charge in [0.1, 0.15) is 12.4 Å². The van der Waals surface area contributed by atoms with Crippen LogP contribution in [0.4, 0.5) is 0 Å². The molecule has 17 heavy (non-hydrogen) atoms. The molecule has 94 valence electrons. The van der Waals surface area contributed by atoms with Gasteiger partial charge in [-0.1, -0.05) is 0 Å². The topological polar surface area (TPSA) is 50.5 Å². The lowest BCUT2D eigenvalue weighted by Crippen LogP contribution is -2.42. The second-order valence-corrected chi connectivity index (χ2v) is 4.70. The summed E-state index contributed by atoms with van der Waals surface area (Å²) < 4.78 is 11.1. The highest BCUT2D eigenvalue weighted by molar-refractivity contribution is 5.00. The highest BCUT2D eigenvalue weighted by atomic mass is 16.5. The van der Waals surface area contributed by atoms with E-state index in [1.165, 1.54) is 0 Å². The van der Waals surface area contributed by atoms with E-state index in [2.05, 4.69) is 15.2 Å². The van der Waals surface area contributed by atoms with Gasteiger partial charge in [-0.05, 0) is 12.8 Å². The van der Waals surface area contributed by atoms with Crippen LogP contribution in [-0.2, 0) is 11.3 Å². The average Bonchev–Trinajstić information content (AvgIpc) is 3.00. The van der Waals surface area contributed by atoms with Crippen LogP contribution in [0.3, 0.4) is 0 Å². The first kappa shape index (κ1) is 11.2. The Hall–Kier alpha value is -0.910. The largest absolute Gasteiger partial charge is 0.446 e. The van der Waals surface area contributed by atoms with Gasteiger partial charge < -0.3 is 14.5 Å². The molecule has 0 bridgehead atoms. The molecule has 1 aromatic heterocycles. The third-order valence-corrected chi connectivity index (χ3v) is 3.37. The van der Waals surface area contributed by atoms with Gasteiger partial charge in [0.25, 0.3) is 0 Å². The molecule has 0 amide bonds. The van der Waals surface area contributed by atoms with Crippen molar-refractivity contribution in [1.82, 2.24) is 15.2 Å². The summed E-state index contributed by atoms with van der Waals surface area (Å²) in [5.74, 6) is 0.757. The van der Waals surface area contributed by atoms with Crippen molar-refractivity contribution in [2.75, 3.05) is 32.8 Å². The van der Waals surface area contributed by atoms with Gasteiger partial charge in [0.05, 0.1) is 5.69 Å². The Bertz CT molecular complexity index is 354. The van der Waals surface area contributed by atoms with Crippen LogP contribution in [0, 0.1) is 0 Å². The zero-order valence-corrected chi connectivity index (χ0v) is 10.0. The van der Waals surface area contributed by atoms with E-state index in [4.69, 9.17) is 9.15 Å². The minimum absolute atomic E-state index is 0.0896. The van der Waals surface area contributed by atoms with E-state index in [0.29, 0.717) is 0 Å². The molecule has 0 saturated carbocycles. The standard InChI is InChI=1S/C12H19N3O2/c1-2-11(16-7-1)12-14-10(9-17-12)8-15-5-3-13-4-6-15/h9,11,13H,1-8H2. The number of piperazine rings is 1. The Morgan fingerprint density at radius 3 is 3.06 bits per heavy atom. The van der Waals surface area contributed by atoms with Crippen LogP contribution >= 0.6 is 0 Å². The van der Waals surface area contributed by atoms with Gasteiger partial charge in [-0.3, -0.25) is 4.90 Å². The molecule has 2 fully saturated rings. The van der Waals surface area contributed by atoms with Crippen LogP contribution in [0.5, 0.6) is 0 Å². The summed E-state index contributed by atoms with van der Waals surface area (Å²) in [6.45, 7) is 6.02. The molecule has 0 aromatic carbocycles. The summed E-state index contributed by atoms with van der Waals surface area (Å²) in [5, 5.41) is 3.34. The lowest BCUT2D eigenvalue weighted by Gasteiger charge is -2.26. The Morgan fingerprint density at radius 1 is 1.41 bits per heavy atom. The lowest BCUT2D eigenvalue weighted by molar-refractivity contribution is 0.0891. The molecule has 3 rings (SSSR count). The molecule has 1 unspecified atom stereocenters. The molecule has 0 aliphatic carbocycles. The Morgan fingerprint density at radius 2 is 2.29 bits per heavy atom. The van der Waals surface area contributed by atoms with E-state index >= 15 is 0 Å². The number of hydrogen-bond donors (Lipinski definition) is 1. The predicted molar refractivity (Wildman–Crippen MR) is 62.6 cm³/mol. The van der Waals surface area contributed by atoms with Gasteiger partial charge in [-0.2, -0.15) is 0 Å². The smallest absolute Gasteiger partial charge is 0.223 e. The summed E-state index contributed by atoms with van der Waals surface area (Å²) in [6.07, 6.45) is 4.01. The molecule has 5 heteroatoms. The first-order valence-corrected chi connectivity index (χ1v) is 6.41. The molecule has 1 aromatic rings. The Balaban J connectivity index is 1.59. The van der Waals surface area contributed by atoms with Gasteiger partial charge in [-0.25, -0.2) is 4.98 Å². The second-order valence-electron chi connectivity index (χ2n) is 4.70. The van der Waals surface area contributed by atoms with Gasteiger partial charge in [0, 0.05) is 39.3 Å². The summed E-state index contributed by atoms with van der Waals surface area (Å²) in [5.41, 5.74) is 1.03. The van der Waals surface area contributed by atoms with Gasteiger partial charge in [0.15, 0.2) is 0 Å². The highest BCUT2D eigenvalue weighted by Gasteiger charge is 2.23. The Labute approximate surface area is 101 Å². The molecule has 0 spiro atoms. The quantitative estimate of drug-likeness (QED) is 0.847. The molecular weight excluding hydrogens is 218 g/mol. The van der Waals surface area contributed by atoms with Gasteiger partial charge >= 0.3 is 0 Å². The van der Waals surface area contributed by atoms with Crippen LogP contribution < -0.4 is 5.32 Å². The lowest BCUT2D eigenvalue weighted by atomic mass is 10.2. The van der Waals surface area contributed by atoms with Crippen LogP contribution in [0.25, 0.3) is 0 Å². The van der Waals surface area contributed by atoms with Crippen LogP contribution in [0.1, 0.15) is 30.5 Å². The van der Waals surface area contributed by atoms with Crippen molar-refractivity contribution in [3.05, 3.63) is 17.8 Å². The van der Waals surface area contributed by atoms with Crippen LogP contribution in [0.2, 0.25) is 0 Å². The molecule has 1 atom stereocenters. The maximum atomic E-state index is 5.56. The molecule has 2 saturated heterocycles. The van der Waals surface area contributed by atoms with Crippen molar-refractivity contribution in [1.29, 1.82) is 0 Å². The molecular formula is C12H19N3O2. The van der Waals surface area contributed by atoms with Crippen molar-refractivity contribution < 1.29 is 9.15 Å². The maximum Gasteiger partial charge on any atom is 0.223 e. The minimum Gasteiger partial charge on any atom is -0.446 e. The molecule has 2 aliphatic heterocycles. The second kappa shape index (κ2) is 5.16. The third kappa shape index (κ3) is 2.68. The number of aromatic nitrogens is 1. The number of nitrogens with one attached hydrogen (secondary N) is 1. The fourth-order valence-electron chi connectivity index (χ4n) is 2.41. The predicted octanol–water partition coefficient (Wildman–Crippen LogP) is 0.931. The SMILES string of the molecule is c1oc(C2CCCO2)nc1CN1CCNCC1. The first-order valence-electron chi connectivity index (χ1n) is 6.41. The van der Waals surface area contributed by atoms with Crippen molar-refractivity contribution in [2.45, 2.75) is 25.5 Å².